The summed E-state index contributed by atoms with van der Waals surface area (Å²) in [5.41, 5.74) is 4.43. The van der Waals surface area contributed by atoms with Gasteiger partial charge < -0.3 is 14.9 Å². The van der Waals surface area contributed by atoms with Crippen LogP contribution in [0.3, 0.4) is 0 Å². The van der Waals surface area contributed by atoms with E-state index >= 15 is 0 Å². The van der Waals surface area contributed by atoms with Crippen molar-refractivity contribution < 1.29 is 19.7 Å². The molecule has 0 aliphatic heterocycles. The quantitative estimate of drug-likeness (QED) is 0.237. The molecule has 1 atom stereocenters. The SMILES string of the molecule is C[C@@H](CC(=O)O)c1ccc(OCc2ccc3c(-c4cc(Cl)c(O)cc4Cl)nn(C4CCCC4)c3c2)cc1. The lowest BCUT2D eigenvalue weighted by molar-refractivity contribution is -0.137. The van der Waals surface area contributed by atoms with Gasteiger partial charge in [-0.2, -0.15) is 5.10 Å². The number of aromatic nitrogens is 2. The molecule has 4 aromatic rings. The first-order valence-corrected chi connectivity index (χ1v) is 13.2. The van der Waals surface area contributed by atoms with Gasteiger partial charge >= 0.3 is 5.97 Å². The van der Waals surface area contributed by atoms with Gasteiger partial charge in [-0.25, -0.2) is 0 Å². The van der Waals surface area contributed by atoms with Crippen molar-refractivity contribution in [1.82, 2.24) is 9.78 Å². The van der Waals surface area contributed by atoms with Crippen molar-refractivity contribution in [2.24, 2.45) is 0 Å². The highest BCUT2D eigenvalue weighted by molar-refractivity contribution is 6.36. The van der Waals surface area contributed by atoms with E-state index in [1.807, 2.05) is 43.3 Å². The minimum Gasteiger partial charge on any atom is -0.506 e. The van der Waals surface area contributed by atoms with Crippen LogP contribution in [0, 0.1) is 0 Å². The zero-order chi connectivity index (χ0) is 26.1. The second-order valence-electron chi connectivity index (χ2n) is 9.72. The number of benzene rings is 3. The maximum Gasteiger partial charge on any atom is 0.303 e. The Morgan fingerprint density at radius 3 is 2.51 bits per heavy atom. The van der Waals surface area contributed by atoms with Crippen molar-refractivity contribution in [3.8, 4) is 22.8 Å². The molecule has 1 aromatic heterocycles. The maximum absolute atomic E-state index is 11.0. The molecule has 1 aliphatic rings. The van der Waals surface area contributed by atoms with Gasteiger partial charge in [-0.15, -0.1) is 0 Å². The number of phenols is 1. The Balaban J connectivity index is 1.43. The first kappa shape index (κ1) is 25.4. The molecule has 0 bridgehead atoms. The fourth-order valence-corrected chi connectivity index (χ4v) is 5.47. The van der Waals surface area contributed by atoms with E-state index in [1.165, 1.54) is 18.9 Å². The summed E-state index contributed by atoms with van der Waals surface area (Å²) >= 11 is 12.7. The fourth-order valence-electron chi connectivity index (χ4n) is 5.06. The Bertz CT molecular complexity index is 1440. The minimum absolute atomic E-state index is 0.0567. The molecule has 2 N–H and O–H groups in total. The maximum atomic E-state index is 11.0. The van der Waals surface area contributed by atoms with E-state index in [0.717, 1.165) is 46.3 Å². The molecule has 192 valence electrons. The summed E-state index contributed by atoms with van der Waals surface area (Å²) in [5.74, 6) is -0.198. The number of rotatable bonds is 8. The summed E-state index contributed by atoms with van der Waals surface area (Å²) in [6, 6.07) is 17.2. The van der Waals surface area contributed by atoms with Crippen LogP contribution in [0.2, 0.25) is 10.0 Å². The highest BCUT2D eigenvalue weighted by Gasteiger charge is 2.24. The Labute approximate surface area is 225 Å². The van der Waals surface area contributed by atoms with E-state index in [-0.39, 0.29) is 23.1 Å². The number of fused-ring (bicyclic) bond motifs is 1. The third-order valence-electron chi connectivity index (χ3n) is 7.07. The Morgan fingerprint density at radius 1 is 1.08 bits per heavy atom. The highest BCUT2D eigenvalue weighted by Crippen LogP contribution is 2.41. The van der Waals surface area contributed by atoms with E-state index in [0.29, 0.717) is 23.2 Å². The van der Waals surface area contributed by atoms with Crippen LogP contribution in [-0.4, -0.2) is 26.0 Å². The largest absolute Gasteiger partial charge is 0.506 e. The Morgan fingerprint density at radius 2 is 1.81 bits per heavy atom. The molecule has 0 spiro atoms. The number of carboxylic acids is 1. The van der Waals surface area contributed by atoms with Gasteiger partial charge in [-0.3, -0.25) is 9.48 Å². The van der Waals surface area contributed by atoms with Crippen LogP contribution in [-0.2, 0) is 11.4 Å². The predicted octanol–water partition coefficient (Wildman–Crippen LogP) is 7.99. The monoisotopic (exact) mass is 538 g/mol. The van der Waals surface area contributed by atoms with E-state index in [1.54, 1.807) is 6.07 Å². The molecular formula is C29H28Cl2N2O4. The summed E-state index contributed by atoms with van der Waals surface area (Å²) < 4.78 is 8.16. The molecule has 5 rings (SSSR count). The van der Waals surface area contributed by atoms with Crippen LogP contribution in [0.4, 0.5) is 0 Å². The van der Waals surface area contributed by atoms with Crippen molar-refractivity contribution >= 4 is 40.1 Å². The molecule has 6 nitrogen and oxygen atoms in total. The van der Waals surface area contributed by atoms with Crippen LogP contribution >= 0.6 is 23.2 Å². The second kappa shape index (κ2) is 10.6. The molecule has 1 saturated carbocycles. The molecule has 8 heteroatoms. The molecule has 1 heterocycles. The van der Waals surface area contributed by atoms with E-state index in [2.05, 4.69) is 10.7 Å². The lowest BCUT2D eigenvalue weighted by atomic mass is 9.98. The van der Waals surface area contributed by atoms with Gasteiger partial charge in [0, 0.05) is 17.0 Å². The van der Waals surface area contributed by atoms with Gasteiger partial charge in [0.15, 0.2) is 0 Å². The Kier molecular flexibility index (Phi) is 7.31. The van der Waals surface area contributed by atoms with Crippen LogP contribution in [0.5, 0.6) is 11.5 Å². The first-order chi connectivity index (χ1) is 17.8. The van der Waals surface area contributed by atoms with Crippen molar-refractivity contribution in [2.45, 2.75) is 57.6 Å². The van der Waals surface area contributed by atoms with Gasteiger partial charge in [-0.05, 0) is 54.2 Å². The number of nitrogens with zero attached hydrogens (tertiary/aromatic N) is 2. The Hall–Kier alpha value is -3.22. The number of aliphatic carboxylic acids is 1. The van der Waals surface area contributed by atoms with Crippen LogP contribution in [0.25, 0.3) is 22.2 Å². The van der Waals surface area contributed by atoms with Crippen molar-refractivity contribution in [1.29, 1.82) is 0 Å². The van der Waals surface area contributed by atoms with Crippen molar-refractivity contribution in [3.05, 3.63) is 75.8 Å². The average molecular weight is 539 g/mol. The number of halogens is 2. The van der Waals surface area contributed by atoms with Gasteiger partial charge in [0.1, 0.15) is 23.8 Å². The first-order valence-electron chi connectivity index (χ1n) is 12.4. The number of ether oxygens (including phenoxy) is 1. The molecule has 0 amide bonds. The molecule has 1 aliphatic carbocycles. The average Bonchev–Trinajstić information content (AvgIpc) is 3.53. The fraction of sp³-hybridized carbons (Fsp3) is 0.310. The summed E-state index contributed by atoms with van der Waals surface area (Å²) in [5, 5.41) is 25.6. The number of hydrogen-bond donors (Lipinski definition) is 2. The third kappa shape index (κ3) is 5.41. The van der Waals surface area contributed by atoms with Gasteiger partial charge in [0.25, 0.3) is 0 Å². The normalized spacial score (nSPS) is 14.8. The molecule has 0 saturated heterocycles. The standard InChI is InChI=1S/C29H28Cl2N2O4/c1-17(12-28(35)36)19-7-9-21(10-8-19)37-16-18-6-11-22-26(13-18)33(20-4-2-3-5-20)32-29(22)23-14-25(31)27(34)15-24(23)30/h6-11,13-15,17,20,34H,2-5,12,16H2,1H3,(H,35,36)/t17-/m0/s1. The smallest absolute Gasteiger partial charge is 0.303 e. The van der Waals surface area contributed by atoms with Crippen LogP contribution in [0.15, 0.2) is 54.6 Å². The van der Waals surface area contributed by atoms with Crippen molar-refractivity contribution in [2.75, 3.05) is 0 Å². The van der Waals surface area contributed by atoms with E-state index in [9.17, 15) is 9.90 Å². The summed E-state index contributed by atoms with van der Waals surface area (Å²) in [6.07, 6.45) is 4.60. The molecule has 37 heavy (non-hydrogen) atoms. The summed E-state index contributed by atoms with van der Waals surface area (Å²) in [4.78, 5) is 11.0. The third-order valence-corrected chi connectivity index (χ3v) is 7.68. The lowest BCUT2D eigenvalue weighted by Gasteiger charge is -2.13. The van der Waals surface area contributed by atoms with Gasteiger partial charge in [-0.1, -0.05) is 67.2 Å². The van der Waals surface area contributed by atoms with E-state index < -0.39 is 5.97 Å². The zero-order valence-electron chi connectivity index (χ0n) is 20.5. The zero-order valence-corrected chi connectivity index (χ0v) is 22.0. The lowest BCUT2D eigenvalue weighted by Crippen LogP contribution is -2.07. The number of carboxylic acid groups (broad SMARTS) is 1. The van der Waals surface area contributed by atoms with Gasteiger partial charge in [0.2, 0.25) is 0 Å². The molecule has 0 unspecified atom stereocenters. The molecule has 0 radical (unpaired) electrons. The summed E-state index contributed by atoms with van der Waals surface area (Å²) in [7, 11) is 0. The second-order valence-corrected chi connectivity index (χ2v) is 10.5. The number of carbonyl (C=O) groups is 1. The van der Waals surface area contributed by atoms with Crippen LogP contribution in [0.1, 0.15) is 62.1 Å². The number of hydrogen-bond acceptors (Lipinski definition) is 4. The highest BCUT2D eigenvalue weighted by atomic mass is 35.5. The molecule has 3 aromatic carbocycles. The van der Waals surface area contributed by atoms with Crippen molar-refractivity contribution in [3.63, 3.8) is 0 Å². The van der Waals surface area contributed by atoms with E-state index in [4.69, 9.17) is 38.1 Å². The minimum atomic E-state index is -0.806. The molecular weight excluding hydrogens is 511 g/mol. The number of aromatic hydroxyl groups is 1. The predicted molar refractivity (Wildman–Crippen MR) is 146 cm³/mol. The van der Waals surface area contributed by atoms with Crippen LogP contribution < -0.4 is 4.74 Å². The topological polar surface area (TPSA) is 84.6 Å². The summed E-state index contributed by atoms with van der Waals surface area (Å²) in [6.45, 7) is 2.29. The van der Waals surface area contributed by atoms with Gasteiger partial charge in [0.05, 0.1) is 28.0 Å². The molecule has 1 fully saturated rings. The number of phenolic OH excluding ortho intramolecular Hbond substituents is 1.